The third-order valence-electron chi connectivity index (χ3n) is 6.19. The molecule has 2 aliphatic heterocycles. The van der Waals surface area contributed by atoms with Gasteiger partial charge in [0.1, 0.15) is 24.2 Å². The summed E-state index contributed by atoms with van der Waals surface area (Å²) >= 11 is 0. The summed E-state index contributed by atoms with van der Waals surface area (Å²) in [5.41, 5.74) is 2.88. The highest BCUT2D eigenvalue weighted by atomic mass is 32.2. The maximum atomic E-state index is 12.9. The number of rotatable bonds is 7. The first-order valence-corrected chi connectivity index (χ1v) is 12.9. The molecule has 8 heteroatoms. The Bertz CT molecular complexity index is 1100. The highest BCUT2D eigenvalue weighted by Gasteiger charge is 2.33. The van der Waals surface area contributed by atoms with Crippen molar-refractivity contribution < 1.29 is 27.4 Å². The molecule has 2 aromatic rings. The molecule has 0 bridgehead atoms. The molecule has 2 aromatic carbocycles. The Kier molecular flexibility index (Phi) is 6.95. The molecule has 0 saturated carbocycles. The van der Waals surface area contributed by atoms with E-state index in [1.54, 1.807) is 24.3 Å². The maximum absolute atomic E-state index is 12.9. The monoisotopic (exact) mass is 473 g/mol. The van der Waals surface area contributed by atoms with E-state index in [0.717, 1.165) is 28.9 Å². The SMILES string of the molecule is CCOc1cc2c(cc1COC(=O)C1CCN(S(=O)(=O)c3ccc(C)cc3)CC1)O[C@H](C)C2. The smallest absolute Gasteiger partial charge is 0.309 e. The summed E-state index contributed by atoms with van der Waals surface area (Å²) in [6.45, 7) is 7.06. The number of carbonyl (C=O) groups excluding carboxylic acids is 1. The molecule has 33 heavy (non-hydrogen) atoms. The number of hydrogen-bond donors (Lipinski definition) is 0. The van der Waals surface area contributed by atoms with Crippen molar-refractivity contribution in [1.82, 2.24) is 4.31 Å². The zero-order valence-electron chi connectivity index (χ0n) is 19.4. The van der Waals surface area contributed by atoms with Crippen molar-refractivity contribution >= 4 is 16.0 Å². The van der Waals surface area contributed by atoms with Crippen molar-refractivity contribution in [2.45, 2.75) is 57.6 Å². The molecule has 7 nitrogen and oxygen atoms in total. The number of carbonyl (C=O) groups is 1. The molecule has 0 spiro atoms. The minimum Gasteiger partial charge on any atom is -0.493 e. The van der Waals surface area contributed by atoms with E-state index >= 15 is 0 Å². The molecule has 0 radical (unpaired) electrons. The van der Waals surface area contributed by atoms with Gasteiger partial charge < -0.3 is 14.2 Å². The molecule has 2 aliphatic rings. The van der Waals surface area contributed by atoms with Crippen molar-refractivity contribution in [1.29, 1.82) is 0 Å². The van der Waals surface area contributed by atoms with Crippen LogP contribution >= 0.6 is 0 Å². The van der Waals surface area contributed by atoms with E-state index in [0.29, 0.717) is 38.3 Å². The lowest BCUT2D eigenvalue weighted by atomic mass is 9.98. The molecule has 0 N–H and O–H groups in total. The van der Waals surface area contributed by atoms with Crippen LogP contribution in [0.1, 0.15) is 43.4 Å². The number of hydrogen-bond acceptors (Lipinski definition) is 6. The Balaban J connectivity index is 1.35. The van der Waals surface area contributed by atoms with Gasteiger partial charge in [0.15, 0.2) is 0 Å². The molecule has 0 aliphatic carbocycles. The van der Waals surface area contributed by atoms with Crippen LogP contribution in [-0.2, 0) is 32.6 Å². The second-order valence-corrected chi connectivity index (χ2v) is 10.7. The number of esters is 1. The van der Waals surface area contributed by atoms with Gasteiger partial charge in [-0.1, -0.05) is 17.7 Å². The van der Waals surface area contributed by atoms with E-state index in [4.69, 9.17) is 14.2 Å². The Morgan fingerprint density at radius 1 is 1.15 bits per heavy atom. The number of benzene rings is 2. The van der Waals surface area contributed by atoms with Crippen LogP contribution in [0, 0.1) is 12.8 Å². The van der Waals surface area contributed by atoms with E-state index in [1.165, 1.54) is 4.31 Å². The van der Waals surface area contributed by atoms with Crippen molar-refractivity contribution in [3.63, 3.8) is 0 Å². The van der Waals surface area contributed by atoms with Crippen LogP contribution in [0.4, 0.5) is 0 Å². The van der Waals surface area contributed by atoms with Crippen LogP contribution < -0.4 is 9.47 Å². The molecule has 0 aromatic heterocycles. The number of ether oxygens (including phenoxy) is 3. The molecule has 1 atom stereocenters. The Hall–Kier alpha value is -2.58. The first kappa shape index (κ1) is 23.6. The van der Waals surface area contributed by atoms with Gasteiger partial charge in [-0.15, -0.1) is 0 Å². The van der Waals surface area contributed by atoms with Gasteiger partial charge in [0.2, 0.25) is 10.0 Å². The largest absolute Gasteiger partial charge is 0.493 e. The highest BCUT2D eigenvalue weighted by molar-refractivity contribution is 7.89. The summed E-state index contributed by atoms with van der Waals surface area (Å²) < 4.78 is 44.4. The van der Waals surface area contributed by atoms with Gasteiger partial charge in [-0.25, -0.2) is 8.42 Å². The highest BCUT2D eigenvalue weighted by Crippen LogP contribution is 2.36. The fourth-order valence-corrected chi connectivity index (χ4v) is 5.81. The summed E-state index contributed by atoms with van der Waals surface area (Å²) in [5.74, 6) is 0.891. The van der Waals surface area contributed by atoms with Crippen LogP contribution in [0.3, 0.4) is 0 Å². The average molecular weight is 474 g/mol. The fraction of sp³-hybridized carbons (Fsp3) is 0.480. The maximum Gasteiger partial charge on any atom is 0.309 e. The van der Waals surface area contributed by atoms with E-state index in [2.05, 4.69) is 0 Å². The number of sulfonamides is 1. The van der Waals surface area contributed by atoms with Gasteiger partial charge in [0, 0.05) is 30.6 Å². The van der Waals surface area contributed by atoms with Gasteiger partial charge in [-0.3, -0.25) is 4.79 Å². The fourth-order valence-electron chi connectivity index (χ4n) is 4.34. The summed E-state index contributed by atoms with van der Waals surface area (Å²) in [4.78, 5) is 13.0. The Morgan fingerprint density at radius 3 is 2.52 bits per heavy atom. The van der Waals surface area contributed by atoms with Crippen LogP contribution in [0.2, 0.25) is 0 Å². The van der Waals surface area contributed by atoms with E-state index in [9.17, 15) is 13.2 Å². The minimum absolute atomic E-state index is 0.0983. The standard InChI is InChI=1S/C25H31NO6S/c1-4-30-23-14-20-13-18(3)32-24(20)15-21(23)16-31-25(27)19-9-11-26(12-10-19)33(28,29)22-7-5-17(2)6-8-22/h5-8,14-15,18-19H,4,9-13,16H2,1-3H3/t18-/m1/s1. The minimum atomic E-state index is -3.55. The molecule has 1 saturated heterocycles. The lowest BCUT2D eigenvalue weighted by Gasteiger charge is -2.30. The molecule has 1 fully saturated rings. The second-order valence-electron chi connectivity index (χ2n) is 8.73. The zero-order valence-corrected chi connectivity index (χ0v) is 20.2. The predicted octanol–water partition coefficient (Wildman–Crippen LogP) is 3.86. The van der Waals surface area contributed by atoms with Gasteiger partial charge >= 0.3 is 5.97 Å². The molecule has 4 rings (SSSR count). The van der Waals surface area contributed by atoms with Crippen LogP contribution in [-0.4, -0.2) is 44.5 Å². The Morgan fingerprint density at radius 2 is 1.85 bits per heavy atom. The van der Waals surface area contributed by atoms with E-state index in [-0.39, 0.29) is 29.5 Å². The topological polar surface area (TPSA) is 82.1 Å². The van der Waals surface area contributed by atoms with Gasteiger partial charge in [-0.2, -0.15) is 4.31 Å². The average Bonchev–Trinajstić information content (AvgIpc) is 3.16. The molecule has 178 valence electrons. The number of fused-ring (bicyclic) bond motifs is 1. The third-order valence-corrected chi connectivity index (χ3v) is 8.11. The first-order chi connectivity index (χ1) is 15.8. The summed E-state index contributed by atoms with van der Waals surface area (Å²) in [5, 5.41) is 0. The second kappa shape index (κ2) is 9.73. The summed E-state index contributed by atoms with van der Waals surface area (Å²) in [6, 6.07) is 10.7. The number of piperidine rings is 1. The molecule has 0 unspecified atom stereocenters. The summed E-state index contributed by atoms with van der Waals surface area (Å²) in [7, 11) is -3.55. The van der Waals surface area contributed by atoms with Gasteiger partial charge in [0.25, 0.3) is 0 Å². The lowest BCUT2D eigenvalue weighted by Crippen LogP contribution is -2.40. The normalized spacial score (nSPS) is 19.1. The number of aryl methyl sites for hydroxylation is 1. The lowest BCUT2D eigenvalue weighted by molar-refractivity contribution is -0.151. The first-order valence-electron chi connectivity index (χ1n) is 11.5. The molecule has 2 heterocycles. The summed E-state index contributed by atoms with van der Waals surface area (Å²) in [6.07, 6.45) is 1.83. The van der Waals surface area contributed by atoms with Crippen molar-refractivity contribution in [3.05, 3.63) is 53.1 Å². The molecular formula is C25H31NO6S. The number of nitrogens with zero attached hydrogens (tertiary/aromatic N) is 1. The quantitative estimate of drug-likeness (QED) is 0.568. The van der Waals surface area contributed by atoms with Gasteiger partial charge in [-0.05, 0) is 57.9 Å². The molecule has 0 amide bonds. The predicted molar refractivity (Wildman–Crippen MR) is 124 cm³/mol. The van der Waals surface area contributed by atoms with Crippen LogP contribution in [0.15, 0.2) is 41.3 Å². The van der Waals surface area contributed by atoms with Crippen LogP contribution in [0.25, 0.3) is 0 Å². The Labute approximate surface area is 195 Å². The van der Waals surface area contributed by atoms with Gasteiger partial charge in [0.05, 0.1) is 17.4 Å². The molecular weight excluding hydrogens is 442 g/mol. The third kappa shape index (κ3) is 5.17. The van der Waals surface area contributed by atoms with Crippen LogP contribution in [0.5, 0.6) is 11.5 Å². The van der Waals surface area contributed by atoms with E-state index in [1.807, 2.05) is 32.9 Å². The van der Waals surface area contributed by atoms with E-state index < -0.39 is 10.0 Å². The van der Waals surface area contributed by atoms with Crippen molar-refractivity contribution in [3.8, 4) is 11.5 Å². The van der Waals surface area contributed by atoms with Crippen molar-refractivity contribution in [2.24, 2.45) is 5.92 Å². The van der Waals surface area contributed by atoms with Crippen molar-refractivity contribution in [2.75, 3.05) is 19.7 Å². The zero-order chi connectivity index (χ0) is 23.6.